The molecule has 8 heteroatoms. The van der Waals surface area contributed by atoms with E-state index in [1.54, 1.807) is 25.3 Å². The minimum atomic E-state index is -0.244. The number of hydrogen-bond acceptors (Lipinski definition) is 6. The fourth-order valence-electron chi connectivity index (χ4n) is 4.59. The summed E-state index contributed by atoms with van der Waals surface area (Å²) < 4.78 is 2.01. The summed E-state index contributed by atoms with van der Waals surface area (Å²) in [6, 6.07) is 22.5. The van der Waals surface area contributed by atoms with Gasteiger partial charge < -0.3 is 10.6 Å². The van der Waals surface area contributed by atoms with E-state index in [9.17, 15) is 4.79 Å². The Morgan fingerprint density at radius 2 is 1.76 bits per heavy atom. The van der Waals surface area contributed by atoms with Gasteiger partial charge >= 0.3 is 0 Å². The number of carbonyl (C=O) groups is 1. The third kappa shape index (κ3) is 4.67. The Morgan fingerprint density at radius 1 is 0.947 bits per heavy atom. The first-order chi connectivity index (χ1) is 18.7. The van der Waals surface area contributed by atoms with Gasteiger partial charge in [0.1, 0.15) is 23.5 Å². The quantitative estimate of drug-likeness (QED) is 0.260. The maximum atomic E-state index is 12.0. The summed E-state index contributed by atoms with van der Waals surface area (Å²) in [5, 5.41) is 15.1. The summed E-state index contributed by atoms with van der Waals surface area (Å²) in [5.41, 5.74) is 3.83. The molecule has 38 heavy (non-hydrogen) atoms. The molecule has 0 aliphatic rings. The van der Waals surface area contributed by atoms with Crippen molar-refractivity contribution < 1.29 is 4.79 Å². The zero-order valence-electron chi connectivity index (χ0n) is 20.8. The van der Waals surface area contributed by atoms with Crippen LogP contribution < -0.4 is 10.6 Å². The molecule has 1 amide bonds. The Hall–Kier alpha value is -5.11. The Balaban J connectivity index is 1.38. The number of nitrogens with zero attached hydrogens (tertiary/aromatic N) is 5. The highest BCUT2D eigenvalue weighted by atomic mass is 16.1. The van der Waals surface area contributed by atoms with Crippen LogP contribution in [0.2, 0.25) is 0 Å². The molecule has 6 aromatic rings. The normalized spacial score (nSPS) is 11.5. The Morgan fingerprint density at radius 3 is 2.61 bits per heavy atom. The average Bonchev–Trinajstić information content (AvgIpc) is 3.36. The van der Waals surface area contributed by atoms with E-state index in [1.807, 2.05) is 22.9 Å². The van der Waals surface area contributed by atoms with Crippen molar-refractivity contribution in [1.29, 1.82) is 0 Å². The number of benzene rings is 3. The first-order valence-electron chi connectivity index (χ1n) is 12.4. The van der Waals surface area contributed by atoms with Gasteiger partial charge in [0.15, 0.2) is 0 Å². The molecule has 8 nitrogen and oxygen atoms in total. The van der Waals surface area contributed by atoms with E-state index in [0.717, 1.165) is 45.7 Å². The van der Waals surface area contributed by atoms with E-state index >= 15 is 0 Å². The Labute approximate surface area is 219 Å². The van der Waals surface area contributed by atoms with Crippen LogP contribution in [-0.2, 0) is 17.8 Å². The molecule has 0 aliphatic carbocycles. The zero-order valence-corrected chi connectivity index (χ0v) is 20.8. The van der Waals surface area contributed by atoms with Crippen molar-refractivity contribution in [1.82, 2.24) is 24.7 Å². The number of anilines is 3. The minimum absolute atomic E-state index is 0.244. The van der Waals surface area contributed by atoms with Crippen molar-refractivity contribution >= 4 is 55.8 Å². The van der Waals surface area contributed by atoms with Crippen molar-refractivity contribution in [2.75, 3.05) is 10.6 Å². The summed E-state index contributed by atoms with van der Waals surface area (Å²) in [7, 11) is 0. The van der Waals surface area contributed by atoms with Crippen LogP contribution in [0.25, 0.3) is 32.6 Å². The van der Waals surface area contributed by atoms with E-state index in [-0.39, 0.29) is 5.91 Å². The fraction of sp³-hybridized carbons (Fsp3) is 0.100. The lowest BCUT2D eigenvalue weighted by Crippen LogP contribution is -2.09. The molecule has 2 N–H and O–H groups in total. The number of amides is 1. The van der Waals surface area contributed by atoms with Gasteiger partial charge in [-0.05, 0) is 37.1 Å². The van der Waals surface area contributed by atoms with Crippen LogP contribution in [0, 0.1) is 0 Å². The van der Waals surface area contributed by atoms with E-state index < -0.39 is 0 Å². The van der Waals surface area contributed by atoms with Gasteiger partial charge in [-0.15, -0.1) is 0 Å². The molecule has 0 radical (unpaired) electrons. The number of pyridine rings is 1. The number of hydrogen-bond donors (Lipinski definition) is 2. The van der Waals surface area contributed by atoms with Crippen LogP contribution in [0.5, 0.6) is 0 Å². The Bertz CT molecular complexity index is 1810. The van der Waals surface area contributed by atoms with Gasteiger partial charge in [0, 0.05) is 40.0 Å². The zero-order chi connectivity index (χ0) is 25.9. The van der Waals surface area contributed by atoms with E-state index in [4.69, 9.17) is 5.10 Å². The molecule has 3 aromatic heterocycles. The summed E-state index contributed by atoms with van der Waals surface area (Å²) >= 11 is 0. The summed E-state index contributed by atoms with van der Waals surface area (Å²) in [6.07, 6.45) is 9.27. The molecule has 0 saturated heterocycles. The van der Waals surface area contributed by atoms with Crippen molar-refractivity contribution in [3.63, 3.8) is 0 Å². The highest BCUT2D eigenvalue weighted by molar-refractivity contribution is 6.12. The van der Waals surface area contributed by atoms with Gasteiger partial charge in [-0.3, -0.25) is 9.48 Å². The molecule has 0 spiro atoms. The summed E-state index contributed by atoms with van der Waals surface area (Å²) in [4.78, 5) is 25.2. The van der Waals surface area contributed by atoms with Crippen molar-refractivity contribution in [2.45, 2.75) is 19.9 Å². The topological polar surface area (TPSA) is 97.6 Å². The lowest BCUT2D eigenvalue weighted by molar-refractivity contribution is -0.111. The van der Waals surface area contributed by atoms with Crippen molar-refractivity contribution in [3.8, 4) is 0 Å². The van der Waals surface area contributed by atoms with Gasteiger partial charge in [-0.25, -0.2) is 15.0 Å². The van der Waals surface area contributed by atoms with Gasteiger partial charge in [0.05, 0.1) is 11.7 Å². The van der Waals surface area contributed by atoms with E-state index in [2.05, 4.69) is 74.2 Å². The van der Waals surface area contributed by atoms with Gasteiger partial charge in [0.25, 0.3) is 0 Å². The number of fused-ring (bicyclic) bond motifs is 4. The average molecular weight is 500 g/mol. The number of aryl methyl sites for hydroxylation is 2. The predicted molar refractivity (Wildman–Crippen MR) is 151 cm³/mol. The van der Waals surface area contributed by atoms with Gasteiger partial charge in [-0.2, -0.15) is 5.10 Å². The van der Waals surface area contributed by atoms with Crippen molar-refractivity contribution in [2.24, 2.45) is 0 Å². The smallest absolute Gasteiger partial charge is 0.249 e. The second kappa shape index (κ2) is 10.1. The van der Waals surface area contributed by atoms with Crippen LogP contribution in [0.15, 0.2) is 97.6 Å². The largest absolute Gasteiger partial charge is 0.339 e. The highest BCUT2D eigenvalue weighted by Gasteiger charge is 2.13. The lowest BCUT2D eigenvalue weighted by Gasteiger charge is -2.12. The molecule has 186 valence electrons. The Kier molecular flexibility index (Phi) is 6.19. The number of aromatic nitrogens is 5. The molecule has 0 fully saturated rings. The third-order valence-electron chi connectivity index (χ3n) is 6.38. The first kappa shape index (κ1) is 23.3. The molecule has 6 rings (SSSR count). The standard InChI is InChI=1S/C30H25N7O/c1-2-8-28(38)35-27-16-24-26(17-31-27)32-19-33-30(24)34-25-15-21-18-37(14-13-20-9-4-3-5-10-20)36-29(21)23-12-7-6-11-22(23)25/h2-12,15-19H,13-14H2,1H3,(H,31,35,38)(H,32,33,34). The monoisotopic (exact) mass is 499 g/mol. The third-order valence-corrected chi connectivity index (χ3v) is 6.38. The molecular formula is C30H25N7O. The molecule has 0 atom stereocenters. The number of allylic oxidation sites excluding steroid dienone is 1. The van der Waals surface area contributed by atoms with Crippen LogP contribution in [0.4, 0.5) is 17.3 Å². The SMILES string of the molecule is CC=CC(=O)Nc1cc2c(Nc3cc4cn(CCc5ccccc5)nc4c4ccccc34)ncnc2cn1. The maximum absolute atomic E-state index is 12.0. The van der Waals surface area contributed by atoms with Crippen LogP contribution >= 0.6 is 0 Å². The molecule has 0 saturated carbocycles. The molecule has 3 aromatic carbocycles. The van der Waals surface area contributed by atoms with Crippen LogP contribution in [-0.4, -0.2) is 30.6 Å². The van der Waals surface area contributed by atoms with E-state index in [0.29, 0.717) is 17.2 Å². The minimum Gasteiger partial charge on any atom is -0.339 e. The molecule has 0 bridgehead atoms. The molecule has 3 heterocycles. The van der Waals surface area contributed by atoms with Crippen LogP contribution in [0.1, 0.15) is 12.5 Å². The number of carbonyl (C=O) groups excluding carboxylic acids is 1. The number of nitrogens with one attached hydrogen (secondary N) is 2. The van der Waals surface area contributed by atoms with Crippen molar-refractivity contribution in [3.05, 3.63) is 103 Å². The lowest BCUT2D eigenvalue weighted by atomic mass is 10.1. The molecule has 0 unspecified atom stereocenters. The van der Waals surface area contributed by atoms with Gasteiger partial charge in [0.2, 0.25) is 5.91 Å². The summed E-state index contributed by atoms with van der Waals surface area (Å²) in [6.45, 7) is 2.58. The van der Waals surface area contributed by atoms with Gasteiger partial charge in [-0.1, -0.05) is 60.7 Å². The number of rotatable bonds is 7. The second-order valence-corrected chi connectivity index (χ2v) is 8.96. The fourth-order valence-corrected chi connectivity index (χ4v) is 4.59. The molecule has 0 aliphatic heterocycles. The second-order valence-electron chi connectivity index (χ2n) is 8.96. The summed E-state index contributed by atoms with van der Waals surface area (Å²) in [5.74, 6) is 0.810. The van der Waals surface area contributed by atoms with Crippen LogP contribution in [0.3, 0.4) is 0 Å². The predicted octanol–water partition coefficient (Wildman–Crippen LogP) is 6.03. The maximum Gasteiger partial charge on any atom is 0.249 e. The van der Waals surface area contributed by atoms with E-state index in [1.165, 1.54) is 18.0 Å². The highest BCUT2D eigenvalue weighted by Crippen LogP contribution is 2.34. The molecular weight excluding hydrogens is 474 g/mol. The first-order valence-corrected chi connectivity index (χ1v) is 12.4.